The molecule has 4 rings (SSSR count). The molecule has 2 atom stereocenters. The third-order valence-electron chi connectivity index (χ3n) is 6.42. The van der Waals surface area contributed by atoms with Crippen molar-refractivity contribution >= 4 is 38.8 Å². The Bertz CT molecular complexity index is 1060. The van der Waals surface area contributed by atoms with E-state index in [1.807, 2.05) is 32.0 Å². The van der Waals surface area contributed by atoms with Crippen molar-refractivity contribution in [2.24, 2.45) is 10.9 Å². The number of ether oxygens (including phenoxy) is 5. The number of nitrogens with zero attached hydrogens (tertiary/aromatic N) is 1. The third kappa shape index (κ3) is 9.34. The number of amides is 1. The summed E-state index contributed by atoms with van der Waals surface area (Å²) in [5.74, 6) is 0.376. The Balaban J connectivity index is 0.000000366. The second kappa shape index (κ2) is 17.8. The highest BCUT2D eigenvalue weighted by Crippen LogP contribution is 2.46. The molecule has 11 heteroatoms. The lowest BCUT2D eigenvalue weighted by atomic mass is 9.76. The van der Waals surface area contributed by atoms with Gasteiger partial charge in [-0.2, -0.15) is 0 Å². The lowest BCUT2D eigenvalue weighted by Gasteiger charge is -2.44. The van der Waals surface area contributed by atoms with Gasteiger partial charge in [0, 0.05) is 68.7 Å². The molecule has 1 saturated heterocycles. The van der Waals surface area contributed by atoms with Crippen LogP contribution in [-0.4, -0.2) is 71.1 Å². The highest BCUT2D eigenvalue weighted by atomic mass is 79.9. The minimum Gasteiger partial charge on any atom is -0.379 e. The maximum absolute atomic E-state index is 14.7. The number of rotatable bonds is 8. The number of carbonyl (C=O) groups excluding carboxylic acids is 1. The quantitative estimate of drug-likeness (QED) is 0.354. The summed E-state index contributed by atoms with van der Waals surface area (Å²) in [6.45, 7) is 4.94. The summed E-state index contributed by atoms with van der Waals surface area (Å²) < 4.78 is 41.1. The van der Waals surface area contributed by atoms with Crippen LogP contribution in [0.4, 0.5) is 4.39 Å². The lowest BCUT2D eigenvalue weighted by Crippen LogP contribution is -2.49. The molecule has 0 spiro atoms. The number of halogens is 2. The molecule has 0 saturated carbocycles. The fraction of sp³-hybridized carbons (Fsp3) is 0.517. The summed E-state index contributed by atoms with van der Waals surface area (Å²) in [4.78, 5) is 17.4. The third-order valence-corrected chi connectivity index (χ3v) is 7.95. The van der Waals surface area contributed by atoms with E-state index in [2.05, 4.69) is 21.2 Å². The van der Waals surface area contributed by atoms with Crippen LogP contribution in [0.2, 0.25) is 0 Å². The smallest absolute Gasteiger partial charge is 0.257 e. The number of carbonyl (C=O) groups is 1. The molecule has 2 aromatic carbocycles. The first-order chi connectivity index (χ1) is 19.4. The van der Waals surface area contributed by atoms with Gasteiger partial charge < -0.3 is 29.0 Å². The summed E-state index contributed by atoms with van der Waals surface area (Å²) in [5.41, 5.74) is 0.246. The summed E-state index contributed by atoms with van der Waals surface area (Å²) in [5, 5.41) is 3.39. The Labute approximate surface area is 249 Å². The van der Waals surface area contributed by atoms with Gasteiger partial charge in [0.1, 0.15) is 11.4 Å². The fourth-order valence-electron chi connectivity index (χ4n) is 4.29. The van der Waals surface area contributed by atoms with Gasteiger partial charge >= 0.3 is 0 Å². The number of fused-ring (bicyclic) bond motifs is 1. The molecule has 2 aliphatic rings. The van der Waals surface area contributed by atoms with Crippen LogP contribution < -0.4 is 5.32 Å². The predicted octanol–water partition coefficient (Wildman–Crippen LogP) is 5.99. The van der Waals surface area contributed by atoms with E-state index < -0.39 is 5.54 Å². The Hall–Kier alpha value is -1.86. The maximum Gasteiger partial charge on any atom is 0.257 e. The molecule has 2 unspecified atom stereocenters. The van der Waals surface area contributed by atoms with Crippen molar-refractivity contribution in [3.8, 4) is 0 Å². The molecule has 2 heterocycles. The number of benzene rings is 2. The van der Waals surface area contributed by atoms with Crippen LogP contribution in [0.5, 0.6) is 0 Å². The van der Waals surface area contributed by atoms with E-state index in [-0.39, 0.29) is 30.2 Å². The Morgan fingerprint density at radius 2 is 1.73 bits per heavy atom. The average molecular weight is 644 g/mol. The minimum atomic E-state index is -0.823. The van der Waals surface area contributed by atoms with Gasteiger partial charge in [-0.05, 0) is 36.8 Å². The van der Waals surface area contributed by atoms with Crippen molar-refractivity contribution < 1.29 is 32.9 Å². The number of aliphatic imine (C=N–C) groups is 1. The molecule has 222 valence electrons. The average Bonchev–Trinajstić information content (AvgIpc) is 3.00. The van der Waals surface area contributed by atoms with Crippen molar-refractivity contribution in [1.29, 1.82) is 0 Å². The van der Waals surface area contributed by atoms with Crippen LogP contribution in [-0.2, 0) is 29.2 Å². The normalized spacial score (nSPS) is 19.9. The van der Waals surface area contributed by atoms with Crippen LogP contribution in [0.1, 0.15) is 42.6 Å². The molecule has 40 heavy (non-hydrogen) atoms. The largest absolute Gasteiger partial charge is 0.379 e. The monoisotopic (exact) mass is 642 g/mol. The van der Waals surface area contributed by atoms with Gasteiger partial charge in [-0.1, -0.05) is 59.7 Å². The van der Waals surface area contributed by atoms with Gasteiger partial charge in [-0.15, -0.1) is 0 Å². The van der Waals surface area contributed by atoms with E-state index >= 15 is 0 Å². The first-order valence-electron chi connectivity index (χ1n) is 13.1. The van der Waals surface area contributed by atoms with Crippen LogP contribution in [0, 0.1) is 11.7 Å². The SMILES string of the molecule is CC.COC(CC(OC)OC)OC.O=C(NC1=NC2(c3cc(Br)ccc3F)COCCC2CS1)c1ccccc1. The van der Waals surface area contributed by atoms with Crippen LogP contribution >= 0.6 is 27.7 Å². The highest BCUT2D eigenvalue weighted by Gasteiger charge is 2.47. The van der Waals surface area contributed by atoms with E-state index in [9.17, 15) is 9.18 Å². The first-order valence-corrected chi connectivity index (χ1v) is 14.9. The van der Waals surface area contributed by atoms with Gasteiger partial charge in [0.25, 0.3) is 5.91 Å². The van der Waals surface area contributed by atoms with E-state index in [0.29, 0.717) is 35.9 Å². The topological polar surface area (TPSA) is 87.6 Å². The second-order valence-electron chi connectivity index (χ2n) is 8.67. The molecule has 1 N–H and O–H groups in total. The van der Waals surface area contributed by atoms with Crippen molar-refractivity contribution in [1.82, 2.24) is 5.32 Å². The molecule has 2 aliphatic heterocycles. The highest BCUT2D eigenvalue weighted by molar-refractivity contribution is 9.10. The van der Waals surface area contributed by atoms with Crippen molar-refractivity contribution in [3.63, 3.8) is 0 Å². The number of hydrogen-bond acceptors (Lipinski definition) is 8. The summed E-state index contributed by atoms with van der Waals surface area (Å²) >= 11 is 4.93. The Kier molecular flexibility index (Phi) is 15.3. The van der Waals surface area contributed by atoms with E-state index in [1.54, 1.807) is 52.7 Å². The first kappa shape index (κ1) is 34.3. The van der Waals surface area contributed by atoms with Crippen molar-refractivity contribution in [2.75, 3.05) is 47.4 Å². The zero-order valence-electron chi connectivity index (χ0n) is 23.9. The second-order valence-corrected chi connectivity index (χ2v) is 10.6. The predicted molar refractivity (Wildman–Crippen MR) is 160 cm³/mol. The Morgan fingerprint density at radius 3 is 2.33 bits per heavy atom. The molecule has 0 aromatic heterocycles. The van der Waals surface area contributed by atoms with Gasteiger partial charge in [-0.25, -0.2) is 9.38 Å². The standard InChI is InChI=1S/C20H18BrFN2O2S.C7H16O4.C2H6/c21-15-6-7-17(22)16(10-15)20-12-26-9-8-14(20)11-27-19(24-20)23-18(25)13-4-2-1-3-5-13;1-8-6(9-2)5-7(10-3)11-4;1-2/h1-7,10,14H,8-9,11-12H2,(H,23,24,25);6-7H,5H2,1-4H3;1-2H3. The molecule has 1 amide bonds. The Morgan fingerprint density at radius 1 is 1.10 bits per heavy atom. The summed E-state index contributed by atoms with van der Waals surface area (Å²) in [6, 6.07) is 13.9. The van der Waals surface area contributed by atoms with Crippen LogP contribution in [0.3, 0.4) is 0 Å². The minimum absolute atomic E-state index is 0.150. The number of nitrogens with one attached hydrogen (secondary N) is 1. The molecule has 2 aromatic rings. The zero-order valence-corrected chi connectivity index (χ0v) is 26.3. The molecule has 0 aliphatic carbocycles. The van der Waals surface area contributed by atoms with E-state index in [4.69, 9.17) is 28.7 Å². The maximum atomic E-state index is 14.7. The van der Waals surface area contributed by atoms with E-state index in [1.165, 1.54) is 17.8 Å². The molecule has 8 nitrogen and oxygen atoms in total. The summed E-state index contributed by atoms with van der Waals surface area (Å²) in [7, 11) is 6.32. The number of amidine groups is 1. The summed E-state index contributed by atoms with van der Waals surface area (Å²) in [6.07, 6.45) is 0.849. The van der Waals surface area contributed by atoms with Crippen LogP contribution in [0.25, 0.3) is 0 Å². The van der Waals surface area contributed by atoms with Crippen molar-refractivity contribution in [2.45, 2.75) is 44.8 Å². The lowest BCUT2D eigenvalue weighted by molar-refractivity contribution is -0.178. The molecule has 0 radical (unpaired) electrons. The number of hydrogen-bond donors (Lipinski definition) is 1. The molecule has 1 fully saturated rings. The van der Waals surface area contributed by atoms with Gasteiger partial charge in [0.2, 0.25) is 0 Å². The fourth-order valence-corrected chi connectivity index (χ4v) is 5.85. The van der Waals surface area contributed by atoms with Crippen molar-refractivity contribution in [3.05, 3.63) is 69.9 Å². The van der Waals surface area contributed by atoms with Crippen LogP contribution in [0.15, 0.2) is 58.0 Å². The van der Waals surface area contributed by atoms with Gasteiger partial charge in [-0.3, -0.25) is 4.79 Å². The number of methoxy groups -OCH3 is 4. The molecule has 0 bridgehead atoms. The van der Waals surface area contributed by atoms with E-state index in [0.717, 1.165) is 16.6 Å². The number of thioether (sulfide) groups is 1. The van der Waals surface area contributed by atoms with Gasteiger partial charge in [0.05, 0.1) is 6.61 Å². The molecular weight excluding hydrogens is 603 g/mol. The zero-order chi connectivity index (χ0) is 29.5. The molecular formula is C29H40BrFN2O6S. The van der Waals surface area contributed by atoms with Gasteiger partial charge in [0.15, 0.2) is 17.7 Å².